The van der Waals surface area contributed by atoms with Crippen molar-refractivity contribution in [3.63, 3.8) is 0 Å². The van der Waals surface area contributed by atoms with Gasteiger partial charge < -0.3 is 4.74 Å². The van der Waals surface area contributed by atoms with E-state index in [2.05, 4.69) is 22.9 Å². The second kappa shape index (κ2) is 4.36. The van der Waals surface area contributed by atoms with Crippen LogP contribution in [0.5, 0.6) is 5.75 Å². The van der Waals surface area contributed by atoms with Gasteiger partial charge >= 0.3 is 0 Å². The summed E-state index contributed by atoms with van der Waals surface area (Å²) in [6, 6.07) is 5.37. The van der Waals surface area contributed by atoms with Gasteiger partial charge in [-0.3, -0.25) is 0 Å². The molecule has 3 heteroatoms. The summed E-state index contributed by atoms with van der Waals surface area (Å²) in [5.41, 5.74) is 1.02. The fourth-order valence-electron chi connectivity index (χ4n) is 2.11. The van der Waals surface area contributed by atoms with E-state index in [0.29, 0.717) is 10.6 Å². The average Bonchev–Trinajstić information content (AvgIpc) is 3.02. The summed E-state index contributed by atoms with van der Waals surface area (Å²) in [6.45, 7) is 2.14. The van der Waals surface area contributed by atoms with Crippen LogP contribution in [0.1, 0.15) is 25.3 Å². The molecule has 0 radical (unpaired) electrons. The third-order valence-electron chi connectivity index (χ3n) is 3.54. The largest absolute Gasteiger partial charge is 0.494 e. The predicted octanol–water partition coefficient (Wildman–Crippen LogP) is 3.94. The first-order chi connectivity index (χ1) is 7.59. The molecule has 0 aromatic heterocycles. The molecule has 0 aliphatic heterocycles. The highest BCUT2D eigenvalue weighted by Gasteiger charge is 2.46. The zero-order valence-electron chi connectivity index (χ0n) is 9.59. The Bertz CT molecular complexity index is 386. The number of alkyl halides is 1. The van der Waals surface area contributed by atoms with E-state index in [-0.39, 0.29) is 11.2 Å². The van der Waals surface area contributed by atoms with Gasteiger partial charge in [-0.2, -0.15) is 0 Å². The molecule has 1 aromatic carbocycles. The van der Waals surface area contributed by atoms with E-state index in [4.69, 9.17) is 4.74 Å². The van der Waals surface area contributed by atoms with Crippen LogP contribution in [0.4, 0.5) is 4.39 Å². The summed E-state index contributed by atoms with van der Waals surface area (Å²) >= 11 is 3.62. The molecular formula is C13H16BrFO. The molecule has 88 valence electrons. The van der Waals surface area contributed by atoms with Crippen LogP contribution in [0.15, 0.2) is 18.2 Å². The Morgan fingerprint density at radius 3 is 2.69 bits per heavy atom. The fraction of sp³-hybridized carbons (Fsp3) is 0.538. The van der Waals surface area contributed by atoms with Crippen molar-refractivity contribution >= 4 is 15.9 Å². The molecule has 16 heavy (non-hydrogen) atoms. The van der Waals surface area contributed by atoms with Gasteiger partial charge in [-0.25, -0.2) is 4.39 Å². The Hall–Kier alpha value is -0.570. The molecule has 1 atom stereocenters. The summed E-state index contributed by atoms with van der Waals surface area (Å²) < 4.78 is 18.9. The molecule has 1 aliphatic rings. The SMILES string of the molecule is COc1cccc(CC2(C(C)Br)CC2)c1F. The minimum atomic E-state index is -0.204. The van der Waals surface area contributed by atoms with E-state index in [9.17, 15) is 4.39 Å². The Kier molecular flexibility index (Phi) is 3.24. The molecular weight excluding hydrogens is 271 g/mol. The summed E-state index contributed by atoms with van der Waals surface area (Å²) in [6.07, 6.45) is 3.15. The molecule has 1 aromatic rings. The molecule has 0 amide bonds. The lowest BCUT2D eigenvalue weighted by molar-refractivity contribution is 0.380. The Labute approximate surface area is 104 Å². The number of ether oxygens (including phenoxy) is 1. The van der Waals surface area contributed by atoms with Crippen molar-refractivity contribution in [2.45, 2.75) is 31.0 Å². The molecule has 0 bridgehead atoms. The highest BCUT2D eigenvalue weighted by Crippen LogP contribution is 2.54. The van der Waals surface area contributed by atoms with Crippen LogP contribution in [-0.4, -0.2) is 11.9 Å². The monoisotopic (exact) mass is 286 g/mol. The van der Waals surface area contributed by atoms with Crippen molar-refractivity contribution in [1.29, 1.82) is 0 Å². The van der Waals surface area contributed by atoms with Crippen molar-refractivity contribution < 1.29 is 9.13 Å². The number of halogens is 2. The number of hydrogen-bond donors (Lipinski definition) is 0. The quantitative estimate of drug-likeness (QED) is 0.762. The van der Waals surface area contributed by atoms with Crippen LogP contribution in [0.25, 0.3) is 0 Å². The van der Waals surface area contributed by atoms with Gasteiger partial charge in [0.25, 0.3) is 0 Å². The summed E-state index contributed by atoms with van der Waals surface area (Å²) in [7, 11) is 1.50. The van der Waals surface area contributed by atoms with Crippen molar-refractivity contribution in [3.8, 4) is 5.75 Å². The standard InChI is InChI=1S/C13H16BrFO/c1-9(14)13(6-7-13)8-10-4-3-5-11(16-2)12(10)15/h3-5,9H,6-8H2,1-2H3. The van der Waals surface area contributed by atoms with Crippen LogP contribution in [-0.2, 0) is 6.42 Å². The highest BCUT2D eigenvalue weighted by molar-refractivity contribution is 9.09. The van der Waals surface area contributed by atoms with E-state index in [1.54, 1.807) is 6.07 Å². The summed E-state index contributed by atoms with van der Waals surface area (Å²) in [4.78, 5) is 0.436. The number of rotatable bonds is 4. The normalized spacial score (nSPS) is 19.2. The minimum Gasteiger partial charge on any atom is -0.494 e. The first-order valence-corrected chi connectivity index (χ1v) is 6.46. The third kappa shape index (κ3) is 2.10. The van der Waals surface area contributed by atoms with Crippen molar-refractivity contribution in [1.82, 2.24) is 0 Å². The second-order valence-electron chi connectivity index (χ2n) is 4.59. The first kappa shape index (κ1) is 11.9. The van der Waals surface area contributed by atoms with E-state index < -0.39 is 0 Å². The molecule has 1 unspecified atom stereocenters. The van der Waals surface area contributed by atoms with Crippen molar-refractivity contribution in [3.05, 3.63) is 29.6 Å². The number of methoxy groups -OCH3 is 1. The predicted molar refractivity (Wildman–Crippen MR) is 66.7 cm³/mol. The lowest BCUT2D eigenvalue weighted by atomic mass is 9.93. The van der Waals surface area contributed by atoms with Crippen LogP contribution in [0, 0.1) is 11.2 Å². The van der Waals surface area contributed by atoms with E-state index in [0.717, 1.165) is 12.0 Å². The Morgan fingerprint density at radius 1 is 1.50 bits per heavy atom. The molecule has 0 N–H and O–H groups in total. The molecule has 0 saturated heterocycles. The number of hydrogen-bond acceptors (Lipinski definition) is 1. The maximum absolute atomic E-state index is 14.0. The Balaban J connectivity index is 2.22. The van der Waals surface area contributed by atoms with Gasteiger partial charge in [0.1, 0.15) is 0 Å². The van der Waals surface area contributed by atoms with Gasteiger partial charge in [0.2, 0.25) is 0 Å². The molecule has 1 nitrogen and oxygen atoms in total. The molecule has 1 saturated carbocycles. The summed E-state index contributed by atoms with van der Waals surface area (Å²) in [5, 5.41) is 0. The zero-order chi connectivity index (χ0) is 11.8. The van der Waals surface area contributed by atoms with E-state index in [1.807, 2.05) is 12.1 Å². The Morgan fingerprint density at radius 2 is 2.19 bits per heavy atom. The van der Waals surface area contributed by atoms with Crippen LogP contribution in [0.3, 0.4) is 0 Å². The van der Waals surface area contributed by atoms with Gasteiger partial charge in [-0.15, -0.1) is 0 Å². The van der Waals surface area contributed by atoms with Gasteiger partial charge in [-0.05, 0) is 36.3 Å². The zero-order valence-corrected chi connectivity index (χ0v) is 11.2. The summed E-state index contributed by atoms with van der Waals surface area (Å²) in [5.74, 6) is 0.139. The van der Waals surface area contributed by atoms with Crippen molar-refractivity contribution in [2.75, 3.05) is 7.11 Å². The molecule has 0 heterocycles. The lowest BCUT2D eigenvalue weighted by Gasteiger charge is -2.19. The van der Waals surface area contributed by atoms with Crippen molar-refractivity contribution in [2.24, 2.45) is 5.41 Å². The van der Waals surface area contributed by atoms with Crippen LogP contribution >= 0.6 is 15.9 Å². The number of benzene rings is 1. The van der Waals surface area contributed by atoms with Gasteiger partial charge in [-0.1, -0.05) is 35.0 Å². The molecule has 2 rings (SSSR count). The lowest BCUT2D eigenvalue weighted by Crippen LogP contribution is -2.16. The van der Waals surface area contributed by atoms with Crippen LogP contribution < -0.4 is 4.74 Å². The van der Waals surface area contributed by atoms with Crippen LogP contribution in [0.2, 0.25) is 0 Å². The third-order valence-corrected chi connectivity index (χ3v) is 4.51. The topological polar surface area (TPSA) is 9.23 Å². The molecule has 0 spiro atoms. The maximum atomic E-state index is 14.0. The van der Waals surface area contributed by atoms with E-state index in [1.165, 1.54) is 20.0 Å². The fourth-order valence-corrected chi connectivity index (χ4v) is 2.73. The highest BCUT2D eigenvalue weighted by atomic mass is 79.9. The maximum Gasteiger partial charge on any atom is 0.168 e. The molecule has 1 fully saturated rings. The first-order valence-electron chi connectivity index (χ1n) is 5.54. The molecule has 1 aliphatic carbocycles. The van der Waals surface area contributed by atoms with Gasteiger partial charge in [0.15, 0.2) is 11.6 Å². The second-order valence-corrected chi connectivity index (χ2v) is 5.96. The minimum absolute atomic E-state index is 0.204. The van der Waals surface area contributed by atoms with Gasteiger partial charge in [0, 0.05) is 4.83 Å². The smallest absolute Gasteiger partial charge is 0.168 e. The average molecular weight is 287 g/mol. The van der Waals surface area contributed by atoms with Gasteiger partial charge in [0.05, 0.1) is 7.11 Å². The van der Waals surface area contributed by atoms with E-state index >= 15 is 0 Å².